The zero-order chi connectivity index (χ0) is 13.0. The molecule has 2 aromatic rings. The summed E-state index contributed by atoms with van der Waals surface area (Å²) in [6, 6.07) is 12.2. The lowest BCUT2D eigenvalue weighted by atomic mass is 10.1. The minimum absolute atomic E-state index is 0.0350. The number of aldehydes is 1. The number of nitrogens with zero attached hydrogens (tertiary/aromatic N) is 1. The minimum atomic E-state index is -0.513. The molecule has 0 heterocycles. The largest absolute Gasteiger partial charge is 0.453 e. The van der Waals surface area contributed by atoms with E-state index in [1.807, 2.05) is 6.07 Å². The van der Waals surface area contributed by atoms with Crippen LogP contribution in [-0.4, -0.2) is 6.29 Å². The Morgan fingerprint density at radius 2 is 1.94 bits per heavy atom. The summed E-state index contributed by atoms with van der Waals surface area (Å²) in [7, 11) is 0. The van der Waals surface area contributed by atoms with Gasteiger partial charge in [0.1, 0.15) is 18.1 Å². The highest BCUT2D eigenvalue weighted by Gasteiger charge is 2.08. The molecule has 0 unspecified atom stereocenters. The Hall–Kier alpha value is -2.67. The molecule has 0 aliphatic rings. The fourth-order valence-corrected chi connectivity index (χ4v) is 1.44. The third kappa shape index (κ3) is 2.36. The molecule has 0 saturated heterocycles. The molecule has 3 nitrogen and oxygen atoms in total. The van der Waals surface area contributed by atoms with Gasteiger partial charge in [-0.15, -0.1) is 0 Å². The molecule has 0 aliphatic carbocycles. The Labute approximate surface area is 103 Å². The molecule has 0 aliphatic heterocycles. The molecule has 88 valence electrons. The van der Waals surface area contributed by atoms with E-state index in [0.29, 0.717) is 11.8 Å². The molecular formula is C14H8FNO2. The van der Waals surface area contributed by atoms with Crippen LogP contribution in [0.3, 0.4) is 0 Å². The van der Waals surface area contributed by atoms with Crippen molar-refractivity contribution in [2.75, 3.05) is 0 Å². The van der Waals surface area contributed by atoms with E-state index in [1.54, 1.807) is 12.1 Å². The maximum atomic E-state index is 13.4. The van der Waals surface area contributed by atoms with Crippen molar-refractivity contribution >= 4 is 6.29 Å². The maximum Gasteiger partial charge on any atom is 0.165 e. The first-order valence-corrected chi connectivity index (χ1v) is 5.16. The van der Waals surface area contributed by atoms with Gasteiger partial charge in [0, 0.05) is 5.56 Å². The highest BCUT2D eigenvalue weighted by molar-refractivity contribution is 5.76. The van der Waals surface area contributed by atoms with Crippen LogP contribution in [0.2, 0.25) is 0 Å². The van der Waals surface area contributed by atoms with Crippen LogP contribution in [0.25, 0.3) is 0 Å². The van der Waals surface area contributed by atoms with Gasteiger partial charge in [0.2, 0.25) is 0 Å². The summed E-state index contributed by atoms with van der Waals surface area (Å²) in [4.78, 5) is 10.6. The van der Waals surface area contributed by atoms with Crippen LogP contribution in [0.5, 0.6) is 11.5 Å². The fraction of sp³-hybridized carbons (Fsp3) is 0. The average molecular weight is 241 g/mol. The predicted molar refractivity (Wildman–Crippen MR) is 63.0 cm³/mol. The monoisotopic (exact) mass is 241 g/mol. The smallest absolute Gasteiger partial charge is 0.165 e. The van der Waals surface area contributed by atoms with Gasteiger partial charge in [-0.25, -0.2) is 4.39 Å². The van der Waals surface area contributed by atoms with Gasteiger partial charge in [-0.05, 0) is 30.3 Å². The van der Waals surface area contributed by atoms with Crippen molar-refractivity contribution in [1.29, 1.82) is 5.26 Å². The SMILES string of the molecule is N#Cc1cc(C=O)ccc1Oc1ccccc1F. The zero-order valence-corrected chi connectivity index (χ0v) is 9.26. The van der Waals surface area contributed by atoms with Crippen LogP contribution >= 0.6 is 0 Å². The Morgan fingerprint density at radius 3 is 2.61 bits per heavy atom. The van der Waals surface area contributed by atoms with Crippen LogP contribution in [0.4, 0.5) is 4.39 Å². The second kappa shape index (κ2) is 5.11. The summed E-state index contributed by atoms with van der Waals surface area (Å²) in [6.45, 7) is 0. The number of ether oxygens (including phenoxy) is 1. The first-order chi connectivity index (χ1) is 8.74. The normalized spacial score (nSPS) is 9.56. The van der Waals surface area contributed by atoms with Gasteiger partial charge in [-0.2, -0.15) is 5.26 Å². The van der Waals surface area contributed by atoms with Gasteiger partial charge < -0.3 is 4.74 Å². The van der Waals surface area contributed by atoms with Gasteiger partial charge in [0.05, 0.1) is 5.56 Å². The Bertz CT molecular complexity index is 632. The third-order valence-electron chi connectivity index (χ3n) is 2.32. The lowest BCUT2D eigenvalue weighted by molar-refractivity contribution is 0.112. The van der Waals surface area contributed by atoms with E-state index in [2.05, 4.69) is 0 Å². The quantitative estimate of drug-likeness (QED) is 0.774. The van der Waals surface area contributed by atoms with Crippen LogP contribution in [0, 0.1) is 17.1 Å². The van der Waals surface area contributed by atoms with E-state index in [1.165, 1.54) is 30.3 Å². The van der Waals surface area contributed by atoms with Gasteiger partial charge in [-0.3, -0.25) is 4.79 Å². The van der Waals surface area contributed by atoms with E-state index >= 15 is 0 Å². The predicted octanol–water partition coefficient (Wildman–Crippen LogP) is 3.30. The molecule has 2 aromatic carbocycles. The van der Waals surface area contributed by atoms with E-state index in [0.717, 1.165) is 0 Å². The first-order valence-electron chi connectivity index (χ1n) is 5.16. The van der Waals surface area contributed by atoms with Crippen molar-refractivity contribution in [3.8, 4) is 17.6 Å². The van der Waals surface area contributed by atoms with Crippen LogP contribution in [0.15, 0.2) is 42.5 Å². The Balaban J connectivity index is 2.38. The van der Waals surface area contributed by atoms with E-state index in [9.17, 15) is 9.18 Å². The van der Waals surface area contributed by atoms with E-state index < -0.39 is 5.82 Å². The number of nitriles is 1. The van der Waals surface area contributed by atoms with E-state index in [4.69, 9.17) is 10.00 Å². The molecule has 4 heteroatoms. The van der Waals surface area contributed by atoms with Crippen molar-refractivity contribution in [3.63, 3.8) is 0 Å². The molecule has 0 radical (unpaired) electrons. The average Bonchev–Trinajstić information content (AvgIpc) is 2.41. The van der Waals surface area contributed by atoms with Gasteiger partial charge in [0.25, 0.3) is 0 Å². The molecule has 0 spiro atoms. The Morgan fingerprint density at radius 1 is 1.17 bits per heavy atom. The lowest BCUT2D eigenvalue weighted by Gasteiger charge is -2.08. The molecule has 0 saturated carbocycles. The molecule has 0 atom stereocenters. The van der Waals surface area contributed by atoms with Crippen molar-refractivity contribution in [3.05, 3.63) is 59.4 Å². The summed E-state index contributed by atoms with van der Waals surface area (Å²) in [5.74, 6) is -0.262. The molecule has 0 aromatic heterocycles. The number of carbonyl (C=O) groups excluding carboxylic acids is 1. The Kier molecular flexibility index (Phi) is 3.35. The van der Waals surface area contributed by atoms with Crippen molar-refractivity contribution in [2.24, 2.45) is 0 Å². The highest BCUT2D eigenvalue weighted by atomic mass is 19.1. The van der Waals surface area contributed by atoms with Crippen molar-refractivity contribution < 1.29 is 13.9 Å². The fourth-order valence-electron chi connectivity index (χ4n) is 1.44. The summed E-state index contributed by atoms with van der Waals surface area (Å²) >= 11 is 0. The molecule has 0 amide bonds. The molecular weight excluding hydrogens is 233 g/mol. The second-order valence-corrected chi connectivity index (χ2v) is 3.52. The molecule has 0 fully saturated rings. The maximum absolute atomic E-state index is 13.4. The number of carbonyl (C=O) groups is 1. The summed E-state index contributed by atoms with van der Waals surface area (Å²) < 4.78 is 18.7. The topological polar surface area (TPSA) is 50.1 Å². The number of benzene rings is 2. The van der Waals surface area contributed by atoms with Crippen LogP contribution < -0.4 is 4.74 Å². The summed E-state index contributed by atoms with van der Waals surface area (Å²) in [5.41, 5.74) is 0.551. The third-order valence-corrected chi connectivity index (χ3v) is 2.32. The molecule has 0 N–H and O–H groups in total. The summed E-state index contributed by atoms with van der Waals surface area (Å²) in [5, 5.41) is 8.95. The van der Waals surface area contributed by atoms with Crippen LogP contribution in [0.1, 0.15) is 15.9 Å². The molecule has 0 bridgehead atoms. The molecule has 2 rings (SSSR count). The van der Waals surface area contributed by atoms with Crippen molar-refractivity contribution in [2.45, 2.75) is 0 Å². The van der Waals surface area contributed by atoms with Crippen molar-refractivity contribution in [1.82, 2.24) is 0 Å². The number of hydrogen-bond donors (Lipinski definition) is 0. The first kappa shape index (κ1) is 11.8. The minimum Gasteiger partial charge on any atom is -0.453 e. The standard InChI is InChI=1S/C14H8FNO2/c15-12-3-1-2-4-14(12)18-13-6-5-10(9-17)7-11(13)8-16/h1-7,9H. The van der Waals surface area contributed by atoms with Gasteiger partial charge >= 0.3 is 0 Å². The lowest BCUT2D eigenvalue weighted by Crippen LogP contribution is -1.92. The second-order valence-electron chi connectivity index (χ2n) is 3.52. The summed E-state index contributed by atoms with van der Waals surface area (Å²) in [6.07, 6.45) is 0.633. The van der Waals surface area contributed by atoms with Gasteiger partial charge in [0.15, 0.2) is 11.6 Å². The highest BCUT2D eigenvalue weighted by Crippen LogP contribution is 2.27. The molecule has 18 heavy (non-hydrogen) atoms. The number of halogens is 1. The van der Waals surface area contributed by atoms with Gasteiger partial charge in [-0.1, -0.05) is 12.1 Å². The number of hydrogen-bond acceptors (Lipinski definition) is 3. The number of rotatable bonds is 3. The zero-order valence-electron chi connectivity index (χ0n) is 9.26. The van der Waals surface area contributed by atoms with E-state index in [-0.39, 0.29) is 17.1 Å². The number of para-hydroxylation sites is 1. The van der Waals surface area contributed by atoms with Crippen LogP contribution in [-0.2, 0) is 0 Å².